The molecule has 0 aliphatic carbocycles. The summed E-state index contributed by atoms with van der Waals surface area (Å²) in [6.45, 7) is 3.87. The van der Waals surface area contributed by atoms with Crippen molar-refractivity contribution in [1.82, 2.24) is 5.32 Å². The largest absolute Gasteiger partial charge is 0.394 e. The zero-order valence-electron chi connectivity index (χ0n) is 11.8. The highest BCUT2D eigenvalue weighted by Gasteiger charge is 2.14. The Balaban J connectivity index is 2.15. The molecule has 0 unspecified atom stereocenters. The predicted molar refractivity (Wildman–Crippen MR) is 79.7 cm³/mol. The van der Waals surface area contributed by atoms with Gasteiger partial charge in [-0.2, -0.15) is 0 Å². The number of hydrogen-bond donors (Lipinski definition) is 2. The maximum atomic E-state index is 12.2. The lowest BCUT2D eigenvalue weighted by atomic mass is 10.0. The third-order valence-corrected chi connectivity index (χ3v) is 3.46. The number of carbonyl (C=O) groups is 1. The van der Waals surface area contributed by atoms with Crippen LogP contribution in [0.4, 0.5) is 0 Å². The summed E-state index contributed by atoms with van der Waals surface area (Å²) in [5.74, 6) is -0.170. The van der Waals surface area contributed by atoms with Crippen molar-refractivity contribution in [2.24, 2.45) is 0 Å². The van der Waals surface area contributed by atoms with Gasteiger partial charge in [0, 0.05) is 5.56 Å². The quantitative estimate of drug-likeness (QED) is 0.896. The monoisotopic (exact) mass is 269 g/mol. The highest BCUT2D eigenvalue weighted by atomic mass is 16.3. The van der Waals surface area contributed by atoms with E-state index in [1.165, 1.54) is 0 Å². The number of carbonyl (C=O) groups excluding carboxylic acids is 1. The highest BCUT2D eigenvalue weighted by molar-refractivity contribution is 5.94. The fourth-order valence-electron chi connectivity index (χ4n) is 2.04. The number of nitrogens with one attached hydrogen (secondary N) is 1. The molecule has 0 aliphatic heterocycles. The van der Waals surface area contributed by atoms with E-state index in [2.05, 4.69) is 5.32 Å². The molecule has 1 amide bonds. The molecule has 2 rings (SSSR count). The van der Waals surface area contributed by atoms with Crippen LogP contribution in [0.25, 0.3) is 0 Å². The molecule has 2 aromatic carbocycles. The van der Waals surface area contributed by atoms with Crippen molar-refractivity contribution >= 4 is 5.91 Å². The van der Waals surface area contributed by atoms with Gasteiger partial charge >= 0.3 is 0 Å². The maximum absolute atomic E-state index is 12.2. The van der Waals surface area contributed by atoms with Crippen LogP contribution < -0.4 is 5.32 Å². The van der Waals surface area contributed by atoms with Gasteiger partial charge in [0.1, 0.15) is 0 Å². The van der Waals surface area contributed by atoms with Crippen molar-refractivity contribution in [1.29, 1.82) is 0 Å². The molecular weight excluding hydrogens is 250 g/mol. The van der Waals surface area contributed by atoms with Crippen molar-refractivity contribution in [2.75, 3.05) is 6.61 Å². The third kappa shape index (κ3) is 3.25. The van der Waals surface area contributed by atoms with Crippen LogP contribution in [0, 0.1) is 13.8 Å². The zero-order chi connectivity index (χ0) is 14.5. The fraction of sp³-hybridized carbons (Fsp3) is 0.235. The Kier molecular flexibility index (Phi) is 4.53. The minimum Gasteiger partial charge on any atom is -0.394 e. The summed E-state index contributed by atoms with van der Waals surface area (Å²) in [5.41, 5.74) is 3.75. The zero-order valence-corrected chi connectivity index (χ0v) is 11.8. The lowest BCUT2D eigenvalue weighted by molar-refractivity contribution is 0.0916. The van der Waals surface area contributed by atoms with E-state index >= 15 is 0 Å². The normalized spacial score (nSPS) is 11.9. The SMILES string of the molecule is Cc1ccc(C(=O)N[C@H](CO)c2ccccc2)cc1C. The standard InChI is InChI=1S/C17H19NO2/c1-12-8-9-15(10-13(12)2)17(20)18-16(11-19)14-6-4-3-5-7-14/h3-10,16,19H,11H2,1-2H3,(H,18,20)/t16-/m1/s1. The second-order valence-corrected chi connectivity index (χ2v) is 4.92. The minimum absolute atomic E-state index is 0.124. The molecule has 104 valence electrons. The topological polar surface area (TPSA) is 49.3 Å². The molecule has 2 aromatic rings. The molecule has 0 heterocycles. The molecule has 3 nitrogen and oxygen atoms in total. The molecule has 1 atom stereocenters. The van der Waals surface area contributed by atoms with Crippen LogP contribution in [0.15, 0.2) is 48.5 Å². The van der Waals surface area contributed by atoms with Gasteiger partial charge in [0.25, 0.3) is 5.91 Å². The van der Waals surface area contributed by atoms with Crippen molar-refractivity contribution in [2.45, 2.75) is 19.9 Å². The molecule has 0 aliphatic rings. The van der Waals surface area contributed by atoms with Crippen molar-refractivity contribution < 1.29 is 9.90 Å². The predicted octanol–water partition coefficient (Wildman–Crippen LogP) is 2.77. The third-order valence-electron chi connectivity index (χ3n) is 3.46. The Morgan fingerprint density at radius 1 is 1.10 bits per heavy atom. The summed E-state index contributed by atoms with van der Waals surface area (Å²) < 4.78 is 0. The second kappa shape index (κ2) is 6.35. The van der Waals surface area contributed by atoms with Crippen molar-refractivity contribution in [3.05, 3.63) is 70.8 Å². The summed E-state index contributed by atoms with van der Waals surface area (Å²) in [5, 5.41) is 12.3. The molecule has 0 saturated carbocycles. The van der Waals surface area contributed by atoms with E-state index in [-0.39, 0.29) is 18.6 Å². The Bertz CT molecular complexity index is 593. The Morgan fingerprint density at radius 3 is 2.40 bits per heavy atom. The second-order valence-electron chi connectivity index (χ2n) is 4.92. The number of rotatable bonds is 4. The number of benzene rings is 2. The van der Waals surface area contributed by atoms with Gasteiger partial charge in [-0.05, 0) is 42.7 Å². The summed E-state index contributed by atoms with van der Waals surface area (Å²) in [4.78, 5) is 12.2. The summed E-state index contributed by atoms with van der Waals surface area (Å²) in [6.07, 6.45) is 0. The Hall–Kier alpha value is -2.13. The van der Waals surface area contributed by atoms with E-state index in [1.807, 2.05) is 56.3 Å². The van der Waals surface area contributed by atoms with Crippen molar-refractivity contribution in [3.63, 3.8) is 0 Å². The first-order valence-corrected chi connectivity index (χ1v) is 6.65. The molecule has 0 fully saturated rings. The molecule has 0 bridgehead atoms. The number of aliphatic hydroxyl groups is 1. The van der Waals surface area contributed by atoms with E-state index in [9.17, 15) is 9.90 Å². The van der Waals surface area contributed by atoms with Gasteiger partial charge in [-0.3, -0.25) is 4.79 Å². The summed E-state index contributed by atoms with van der Waals surface area (Å²) in [6, 6.07) is 14.7. The molecule has 0 saturated heterocycles. The smallest absolute Gasteiger partial charge is 0.251 e. The lowest BCUT2D eigenvalue weighted by Crippen LogP contribution is -2.30. The highest BCUT2D eigenvalue weighted by Crippen LogP contribution is 2.14. The molecule has 20 heavy (non-hydrogen) atoms. The van der Waals surface area contributed by atoms with E-state index < -0.39 is 0 Å². The summed E-state index contributed by atoms with van der Waals surface area (Å²) in [7, 11) is 0. The number of aliphatic hydroxyl groups excluding tert-OH is 1. The van der Waals surface area contributed by atoms with Gasteiger partial charge in [-0.1, -0.05) is 36.4 Å². The molecule has 0 aromatic heterocycles. The van der Waals surface area contributed by atoms with E-state index in [0.717, 1.165) is 16.7 Å². The van der Waals surface area contributed by atoms with Crippen LogP contribution in [0.1, 0.15) is 33.1 Å². The number of amides is 1. The molecular formula is C17H19NO2. The lowest BCUT2D eigenvalue weighted by Gasteiger charge is -2.17. The van der Waals surface area contributed by atoms with E-state index in [0.29, 0.717) is 5.56 Å². The van der Waals surface area contributed by atoms with Gasteiger partial charge in [0.05, 0.1) is 12.6 Å². The van der Waals surface area contributed by atoms with Crippen LogP contribution >= 0.6 is 0 Å². The van der Waals surface area contributed by atoms with Crippen LogP contribution in [-0.4, -0.2) is 17.6 Å². The van der Waals surface area contributed by atoms with Gasteiger partial charge in [-0.15, -0.1) is 0 Å². The minimum atomic E-state index is -0.384. The van der Waals surface area contributed by atoms with Gasteiger partial charge < -0.3 is 10.4 Å². The molecule has 0 radical (unpaired) electrons. The first-order valence-electron chi connectivity index (χ1n) is 6.65. The van der Waals surface area contributed by atoms with Gasteiger partial charge in [-0.25, -0.2) is 0 Å². The number of aryl methyl sites for hydroxylation is 2. The van der Waals surface area contributed by atoms with E-state index in [1.54, 1.807) is 6.07 Å². The van der Waals surface area contributed by atoms with Crippen molar-refractivity contribution in [3.8, 4) is 0 Å². The average molecular weight is 269 g/mol. The number of hydrogen-bond acceptors (Lipinski definition) is 2. The Labute approximate surface area is 119 Å². The molecule has 0 spiro atoms. The Morgan fingerprint density at radius 2 is 1.80 bits per heavy atom. The van der Waals surface area contributed by atoms with Gasteiger partial charge in [0.15, 0.2) is 0 Å². The van der Waals surface area contributed by atoms with E-state index in [4.69, 9.17) is 0 Å². The molecule has 2 N–H and O–H groups in total. The van der Waals surface area contributed by atoms with Crippen LogP contribution in [0.3, 0.4) is 0 Å². The van der Waals surface area contributed by atoms with Crippen LogP contribution in [0.2, 0.25) is 0 Å². The van der Waals surface area contributed by atoms with Crippen LogP contribution in [0.5, 0.6) is 0 Å². The maximum Gasteiger partial charge on any atom is 0.251 e. The first kappa shape index (κ1) is 14.3. The molecule has 3 heteroatoms. The van der Waals surface area contributed by atoms with Crippen LogP contribution in [-0.2, 0) is 0 Å². The summed E-state index contributed by atoms with van der Waals surface area (Å²) >= 11 is 0. The average Bonchev–Trinajstić information content (AvgIpc) is 2.48. The fourth-order valence-corrected chi connectivity index (χ4v) is 2.04. The first-order chi connectivity index (χ1) is 9.61. The van der Waals surface area contributed by atoms with Gasteiger partial charge in [0.2, 0.25) is 0 Å².